The molecule has 0 bridgehead atoms. The van der Waals surface area contributed by atoms with E-state index < -0.39 is 0 Å². The summed E-state index contributed by atoms with van der Waals surface area (Å²) >= 11 is 0. The molecule has 0 nitrogen and oxygen atoms in total. The Morgan fingerprint density at radius 2 is 0.500 bits per heavy atom. The first kappa shape index (κ1) is 23.1. The van der Waals surface area contributed by atoms with E-state index in [2.05, 4.69) is 13.8 Å². The third-order valence-electron chi connectivity index (χ3n) is 3.46. The van der Waals surface area contributed by atoms with Gasteiger partial charge in [0, 0.05) is 0 Å². The zero-order chi connectivity index (χ0) is 11.9. The van der Waals surface area contributed by atoms with E-state index in [0.717, 1.165) is 0 Å². The van der Waals surface area contributed by atoms with Gasteiger partial charge in [0.05, 0.1) is 0 Å². The molecule has 114 valence electrons. The molecular formula is C18H42. The van der Waals surface area contributed by atoms with E-state index in [1.165, 1.54) is 89.9 Å². The topological polar surface area (TPSA) is 0 Å². The third-order valence-corrected chi connectivity index (χ3v) is 3.46. The molecule has 0 unspecified atom stereocenters. The molecule has 0 saturated carbocycles. The average Bonchev–Trinajstić information content (AvgIpc) is 2.31. The molecule has 0 heterocycles. The summed E-state index contributed by atoms with van der Waals surface area (Å²) < 4.78 is 0. The van der Waals surface area contributed by atoms with E-state index in [1.807, 2.05) is 0 Å². The van der Waals surface area contributed by atoms with Crippen molar-refractivity contribution < 1.29 is 0 Å². The van der Waals surface area contributed by atoms with Gasteiger partial charge in [-0.05, 0) is 0 Å². The van der Waals surface area contributed by atoms with Crippen LogP contribution in [0.15, 0.2) is 0 Å². The molecule has 0 aromatic heterocycles. The van der Waals surface area contributed by atoms with Gasteiger partial charge in [-0.2, -0.15) is 0 Å². The predicted octanol–water partition coefficient (Wildman–Crippen LogP) is 7.76. The lowest BCUT2D eigenvalue weighted by Crippen LogP contribution is -1.82. The molecular weight excluding hydrogens is 216 g/mol. The van der Waals surface area contributed by atoms with Crippen LogP contribution in [0.1, 0.15) is 119 Å². The van der Waals surface area contributed by atoms with Gasteiger partial charge in [0.2, 0.25) is 0 Å². The summed E-state index contributed by atoms with van der Waals surface area (Å²) in [6.45, 7) is 4.58. The molecule has 18 heavy (non-hydrogen) atoms. The Labute approximate surface area is 119 Å². The van der Waals surface area contributed by atoms with Crippen LogP contribution in [0.3, 0.4) is 0 Å². The van der Waals surface area contributed by atoms with Crippen molar-refractivity contribution in [3.8, 4) is 0 Å². The zero-order valence-electron chi connectivity index (χ0n) is 11.9. The van der Waals surface area contributed by atoms with Gasteiger partial charge in [-0.3, -0.25) is 0 Å². The molecule has 0 amide bonds. The standard InChI is InChI=1S/C16H34.2CH4/c1-3-5-7-9-11-13-15-16-14-12-10-8-6-4-2;;/h3-16H2,1-2H3;2*1H4. The molecule has 0 aromatic rings. The van der Waals surface area contributed by atoms with Crippen LogP contribution in [0, 0.1) is 0 Å². The molecule has 0 aliphatic carbocycles. The van der Waals surface area contributed by atoms with Crippen molar-refractivity contribution in [2.45, 2.75) is 119 Å². The van der Waals surface area contributed by atoms with Crippen molar-refractivity contribution in [3.63, 3.8) is 0 Å². The number of unbranched alkanes of at least 4 members (excludes halogenated alkanes) is 13. The molecule has 0 aliphatic rings. The molecule has 0 aromatic carbocycles. The van der Waals surface area contributed by atoms with Gasteiger partial charge in [0.1, 0.15) is 0 Å². The Morgan fingerprint density at radius 1 is 0.333 bits per heavy atom. The summed E-state index contributed by atoms with van der Waals surface area (Å²) in [5, 5.41) is 0. The minimum Gasteiger partial charge on any atom is -0.0776 e. The zero-order valence-corrected chi connectivity index (χ0v) is 11.9. The van der Waals surface area contributed by atoms with Crippen molar-refractivity contribution >= 4 is 0 Å². The molecule has 0 saturated heterocycles. The first-order valence-corrected chi connectivity index (χ1v) is 7.91. The minimum absolute atomic E-state index is 0. The van der Waals surface area contributed by atoms with Gasteiger partial charge in [-0.25, -0.2) is 0 Å². The maximum absolute atomic E-state index is 2.29. The Morgan fingerprint density at radius 3 is 0.667 bits per heavy atom. The molecule has 0 atom stereocenters. The van der Waals surface area contributed by atoms with Crippen molar-refractivity contribution in [1.82, 2.24) is 0 Å². The van der Waals surface area contributed by atoms with Gasteiger partial charge < -0.3 is 0 Å². The van der Waals surface area contributed by atoms with Crippen LogP contribution in [-0.4, -0.2) is 0 Å². The highest BCUT2D eigenvalue weighted by molar-refractivity contribution is 4.48. The van der Waals surface area contributed by atoms with E-state index in [4.69, 9.17) is 0 Å². The predicted molar refractivity (Wildman–Crippen MR) is 89.4 cm³/mol. The Balaban J connectivity index is -0.00000112. The Hall–Kier alpha value is 0. The van der Waals surface area contributed by atoms with Crippen molar-refractivity contribution in [2.24, 2.45) is 0 Å². The van der Waals surface area contributed by atoms with Crippen LogP contribution in [-0.2, 0) is 0 Å². The van der Waals surface area contributed by atoms with Crippen LogP contribution in [0.5, 0.6) is 0 Å². The first-order valence-electron chi connectivity index (χ1n) is 7.91. The molecule has 0 spiro atoms. The highest BCUT2D eigenvalue weighted by Crippen LogP contribution is 2.12. The van der Waals surface area contributed by atoms with Gasteiger partial charge in [-0.1, -0.05) is 119 Å². The van der Waals surface area contributed by atoms with E-state index in [9.17, 15) is 0 Å². The fourth-order valence-electron chi connectivity index (χ4n) is 2.27. The summed E-state index contributed by atoms with van der Waals surface area (Å²) in [6.07, 6.45) is 20.4. The second-order valence-electron chi connectivity index (χ2n) is 5.24. The van der Waals surface area contributed by atoms with Crippen molar-refractivity contribution in [1.29, 1.82) is 0 Å². The summed E-state index contributed by atoms with van der Waals surface area (Å²) in [5.41, 5.74) is 0. The van der Waals surface area contributed by atoms with Gasteiger partial charge in [0.15, 0.2) is 0 Å². The second kappa shape index (κ2) is 22.2. The van der Waals surface area contributed by atoms with Crippen LogP contribution in [0.2, 0.25) is 0 Å². The summed E-state index contributed by atoms with van der Waals surface area (Å²) in [5.74, 6) is 0. The molecule has 0 rings (SSSR count). The smallest absolute Gasteiger partial charge is 0.0533 e. The normalized spacial score (nSPS) is 9.67. The van der Waals surface area contributed by atoms with Crippen LogP contribution in [0.4, 0.5) is 0 Å². The van der Waals surface area contributed by atoms with Crippen LogP contribution < -0.4 is 0 Å². The highest BCUT2D eigenvalue weighted by Gasteiger charge is 1.92. The molecule has 0 radical (unpaired) electrons. The van der Waals surface area contributed by atoms with E-state index in [-0.39, 0.29) is 14.9 Å². The molecule has 0 N–H and O–H groups in total. The lowest BCUT2D eigenvalue weighted by atomic mass is 10.0. The fourth-order valence-corrected chi connectivity index (χ4v) is 2.27. The summed E-state index contributed by atoms with van der Waals surface area (Å²) in [4.78, 5) is 0. The number of hydrogen-bond donors (Lipinski definition) is 0. The van der Waals surface area contributed by atoms with Gasteiger partial charge in [-0.15, -0.1) is 0 Å². The Kier molecular flexibility index (Phi) is 28.5. The van der Waals surface area contributed by atoms with Crippen molar-refractivity contribution in [3.05, 3.63) is 0 Å². The van der Waals surface area contributed by atoms with Gasteiger partial charge in [0.25, 0.3) is 0 Å². The molecule has 0 aliphatic heterocycles. The largest absolute Gasteiger partial charge is 0.0776 e. The van der Waals surface area contributed by atoms with Crippen LogP contribution >= 0.6 is 0 Å². The number of rotatable bonds is 13. The summed E-state index contributed by atoms with van der Waals surface area (Å²) in [6, 6.07) is 0. The van der Waals surface area contributed by atoms with E-state index in [0.29, 0.717) is 0 Å². The SMILES string of the molecule is C.C.CCCCCCCCCCCCCCCC. The minimum atomic E-state index is 0. The van der Waals surface area contributed by atoms with E-state index in [1.54, 1.807) is 0 Å². The molecule has 0 heteroatoms. The molecule has 0 fully saturated rings. The Bertz CT molecular complexity index is 92.6. The lowest BCUT2D eigenvalue weighted by molar-refractivity contribution is 0.538. The first-order chi connectivity index (χ1) is 7.91. The maximum atomic E-state index is 2.29. The quantitative estimate of drug-likeness (QED) is 0.296. The maximum Gasteiger partial charge on any atom is -0.0533 e. The summed E-state index contributed by atoms with van der Waals surface area (Å²) in [7, 11) is 0. The third kappa shape index (κ3) is 21.3. The van der Waals surface area contributed by atoms with E-state index >= 15 is 0 Å². The van der Waals surface area contributed by atoms with Gasteiger partial charge >= 0.3 is 0 Å². The lowest BCUT2D eigenvalue weighted by Gasteiger charge is -2.02. The average molecular weight is 259 g/mol. The van der Waals surface area contributed by atoms with Crippen molar-refractivity contribution in [2.75, 3.05) is 0 Å². The second-order valence-corrected chi connectivity index (χ2v) is 5.24. The number of hydrogen-bond acceptors (Lipinski definition) is 0. The highest BCUT2D eigenvalue weighted by atomic mass is 14.0. The fraction of sp³-hybridized carbons (Fsp3) is 1.00. The van der Waals surface area contributed by atoms with Crippen LogP contribution in [0.25, 0.3) is 0 Å². The monoisotopic (exact) mass is 258 g/mol.